The van der Waals surface area contributed by atoms with E-state index in [2.05, 4.69) is 31.1 Å². The lowest BCUT2D eigenvalue weighted by atomic mass is 10.0. The Morgan fingerprint density at radius 1 is 1.50 bits per heavy atom. The maximum Gasteiger partial charge on any atom is 0.195 e. The van der Waals surface area contributed by atoms with E-state index < -0.39 is 0 Å². The van der Waals surface area contributed by atoms with E-state index in [9.17, 15) is 0 Å². The summed E-state index contributed by atoms with van der Waals surface area (Å²) in [6.07, 6.45) is 4.02. The fourth-order valence-corrected chi connectivity index (χ4v) is 2.30. The van der Waals surface area contributed by atoms with E-state index in [1.165, 1.54) is 0 Å². The summed E-state index contributed by atoms with van der Waals surface area (Å²) < 4.78 is 11.4. The van der Waals surface area contributed by atoms with Crippen molar-refractivity contribution in [1.29, 1.82) is 0 Å². The van der Waals surface area contributed by atoms with Crippen molar-refractivity contribution in [2.75, 3.05) is 19.7 Å². The Bertz CT molecular complexity index is 362. The maximum absolute atomic E-state index is 5.81. The molecule has 0 radical (unpaired) electrons. The van der Waals surface area contributed by atoms with Crippen molar-refractivity contribution in [3.05, 3.63) is 17.8 Å². The minimum atomic E-state index is 0.255. The Morgan fingerprint density at radius 2 is 2.33 bits per heavy atom. The standard InChI is InChI=1S/C14H24N2O2/c1-10(2)8-15-6-4-14-16-9-13(18-14)12-5-7-17-11(12)3/h9-12,15H,4-8H2,1-3H3. The summed E-state index contributed by atoms with van der Waals surface area (Å²) in [5.41, 5.74) is 0. The minimum absolute atomic E-state index is 0.255. The van der Waals surface area contributed by atoms with Crippen LogP contribution in [0.4, 0.5) is 0 Å². The zero-order chi connectivity index (χ0) is 13.0. The van der Waals surface area contributed by atoms with Gasteiger partial charge in [-0.05, 0) is 25.8 Å². The van der Waals surface area contributed by atoms with Gasteiger partial charge in [0, 0.05) is 25.5 Å². The summed E-state index contributed by atoms with van der Waals surface area (Å²) in [5, 5.41) is 3.40. The Labute approximate surface area is 109 Å². The summed E-state index contributed by atoms with van der Waals surface area (Å²) >= 11 is 0. The highest BCUT2D eigenvalue weighted by Crippen LogP contribution is 2.31. The van der Waals surface area contributed by atoms with Gasteiger partial charge < -0.3 is 14.5 Å². The van der Waals surface area contributed by atoms with Crippen LogP contribution in [-0.2, 0) is 11.2 Å². The molecule has 1 aliphatic heterocycles. The number of hydrogen-bond acceptors (Lipinski definition) is 4. The number of rotatable bonds is 6. The van der Waals surface area contributed by atoms with E-state index in [-0.39, 0.29) is 6.10 Å². The van der Waals surface area contributed by atoms with Crippen molar-refractivity contribution < 1.29 is 9.15 Å². The zero-order valence-electron chi connectivity index (χ0n) is 11.6. The van der Waals surface area contributed by atoms with Gasteiger partial charge in [-0.25, -0.2) is 4.98 Å². The largest absolute Gasteiger partial charge is 0.445 e. The molecule has 4 nitrogen and oxygen atoms in total. The normalized spacial score (nSPS) is 24.0. The monoisotopic (exact) mass is 252 g/mol. The predicted octanol–water partition coefficient (Wildman–Crippen LogP) is 2.36. The van der Waals surface area contributed by atoms with Gasteiger partial charge in [-0.3, -0.25) is 0 Å². The molecule has 2 heterocycles. The molecule has 1 fully saturated rings. The van der Waals surface area contributed by atoms with Crippen LogP contribution in [0, 0.1) is 5.92 Å². The average Bonchev–Trinajstić information content (AvgIpc) is 2.92. The molecular formula is C14H24N2O2. The number of nitrogens with zero attached hydrogens (tertiary/aromatic N) is 1. The number of oxazole rings is 1. The van der Waals surface area contributed by atoms with E-state index in [0.717, 1.165) is 44.2 Å². The first-order valence-corrected chi connectivity index (χ1v) is 6.93. The molecule has 1 aromatic heterocycles. The highest BCUT2D eigenvalue weighted by atomic mass is 16.5. The predicted molar refractivity (Wildman–Crippen MR) is 70.7 cm³/mol. The number of nitrogens with one attached hydrogen (secondary N) is 1. The Morgan fingerprint density at radius 3 is 3.00 bits per heavy atom. The molecule has 4 heteroatoms. The highest BCUT2D eigenvalue weighted by Gasteiger charge is 2.28. The third-order valence-electron chi connectivity index (χ3n) is 3.38. The molecule has 0 aliphatic carbocycles. The lowest BCUT2D eigenvalue weighted by Gasteiger charge is -2.09. The van der Waals surface area contributed by atoms with E-state index in [4.69, 9.17) is 9.15 Å². The topological polar surface area (TPSA) is 47.3 Å². The zero-order valence-corrected chi connectivity index (χ0v) is 11.6. The van der Waals surface area contributed by atoms with Crippen molar-refractivity contribution >= 4 is 0 Å². The smallest absolute Gasteiger partial charge is 0.195 e. The maximum atomic E-state index is 5.81. The lowest BCUT2D eigenvalue weighted by molar-refractivity contribution is 0.115. The molecule has 0 amide bonds. The molecule has 1 aromatic rings. The van der Waals surface area contributed by atoms with Crippen molar-refractivity contribution in [3.8, 4) is 0 Å². The quantitative estimate of drug-likeness (QED) is 0.790. The third-order valence-corrected chi connectivity index (χ3v) is 3.38. The van der Waals surface area contributed by atoms with Gasteiger partial charge in [0.25, 0.3) is 0 Å². The van der Waals surface area contributed by atoms with Crippen LogP contribution in [0.2, 0.25) is 0 Å². The van der Waals surface area contributed by atoms with Gasteiger partial charge in [0.05, 0.1) is 12.3 Å². The summed E-state index contributed by atoms with van der Waals surface area (Å²) in [5.74, 6) is 2.88. The van der Waals surface area contributed by atoms with Gasteiger partial charge in [0.15, 0.2) is 5.89 Å². The fourth-order valence-electron chi connectivity index (χ4n) is 2.30. The van der Waals surface area contributed by atoms with Crippen molar-refractivity contribution in [1.82, 2.24) is 10.3 Å². The van der Waals surface area contributed by atoms with Gasteiger partial charge in [-0.1, -0.05) is 13.8 Å². The number of aromatic nitrogens is 1. The summed E-state index contributed by atoms with van der Waals surface area (Å²) in [6, 6.07) is 0. The van der Waals surface area contributed by atoms with Crippen LogP contribution in [0.25, 0.3) is 0 Å². The van der Waals surface area contributed by atoms with E-state index >= 15 is 0 Å². The molecule has 102 valence electrons. The van der Waals surface area contributed by atoms with Crippen LogP contribution >= 0.6 is 0 Å². The molecule has 2 unspecified atom stereocenters. The SMILES string of the molecule is CC(C)CNCCc1ncc(C2CCOC2C)o1. The molecular weight excluding hydrogens is 228 g/mol. The van der Waals surface area contributed by atoms with Gasteiger partial charge in [-0.2, -0.15) is 0 Å². The van der Waals surface area contributed by atoms with Crippen LogP contribution in [-0.4, -0.2) is 30.8 Å². The molecule has 1 aliphatic rings. The number of ether oxygens (including phenoxy) is 1. The third kappa shape index (κ3) is 3.56. The van der Waals surface area contributed by atoms with Crippen LogP contribution in [0.5, 0.6) is 0 Å². The second-order valence-electron chi connectivity index (χ2n) is 5.48. The molecule has 2 rings (SSSR count). The summed E-state index contributed by atoms with van der Waals surface area (Å²) in [7, 11) is 0. The van der Waals surface area contributed by atoms with Crippen molar-refractivity contribution in [2.24, 2.45) is 5.92 Å². The van der Waals surface area contributed by atoms with E-state index in [0.29, 0.717) is 11.8 Å². The average molecular weight is 252 g/mol. The molecule has 0 saturated carbocycles. The fraction of sp³-hybridized carbons (Fsp3) is 0.786. The van der Waals surface area contributed by atoms with E-state index in [1.54, 1.807) is 0 Å². The molecule has 1 N–H and O–H groups in total. The van der Waals surface area contributed by atoms with Gasteiger partial charge >= 0.3 is 0 Å². The van der Waals surface area contributed by atoms with Crippen molar-refractivity contribution in [2.45, 2.75) is 45.6 Å². The minimum Gasteiger partial charge on any atom is -0.445 e. The molecule has 0 bridgehead atoms. The lowest BCUT2D eigenvalue weighted by Crippen LogP contribution is -2.22. The van der Waals surface area contributed by atoms with Crippen LogP contribution < -0.4 is 5.32 Å². The van der Waals surface area contributed by atoms with Crippen LogP contribution in [0.3, 0.4) is 0 Å². The highest BCUT2D eigenvalue weighted by molar-refractivity contribution is 5.06. The van der Waals surface area contributed by atoms with Crippen molar-refractivity contribution in [3.63, 3.8) is 0 Å². The summed E-state index contributed by atoms with van der Waals surface area (Å²) in [4.78, 5) is 4.35. The molecule has 2 atom stereocenters. The first kappa shape index (κ1) is 13.6. The Kier molecular flexibility index (Phi) is 4.78. The summed E-state index contributed by atoms with van der Waals surface area (Å²) in [6.45, 7) is 9.31. The van der Waals surface area contributed by atoms with Gasteiger partial charge in [0.2, 0.25) is 0 Å². The second kappa shape index (κ2) is 6.34. The molecule has 1 saturated heterocycles. The van der Waals surface area contributed by atoms with Crippen LogP contribution in [0.15, 0.2) is 10.6 Å². The molecule has 0 aromatic carbocycles. The second-order valence-corrected chi connectivity index (χ2v) is 5.48. The Balaban J connectivity index is 1.79. The first-order valence-electron chi connectivity index (χ1n) is 6.93. The Hall–Kier alpha value is -0.870. The molecule has 0 spiro atoms. The van der Waals surface area contributed by atoms with Gasteiger partial charge in [0.1, 0.15) is 5.76 Å². The first-order chi connectivity index (χ1) is 8.66. The van der Waals surface area contributed by atoms with Crippen LogP contribution in [0.1, 0.15) is 44.8 Å². The molecule has 18 heavy (non-hydrogen) atoms. The number of hydrogen-bond donors (Lipinski definition) is 1. The van der Waals surface area contributed by atoms with E-state index in [1.807, 2.05) is 6.20 Å². The van der Waals surface area contributed by atoms with Gasteiger partial charge in [-0.15, -0.1) is 0 Å².